The Labute approximate surface area is 100 Å². The van der Waals surface area contributed by atoms with Gasteiger partial charge in [-0.15, -0.1) is 5.10 Å². The van der Waals surface area contributed by atoms with Gasteiger partial charge in [0, 0.05) is 0 Å². The highest BCUT2D eigenvalue weighted by Crippen LogP contribution is 2.32. The van der Waals surface area contributed by atoms with E-state index in [1.54, 1.807) is 25.1 Å². The van der Waals surface area contributed by atoms with E-state index < -0.39 is 17.6 Å². The monoisotopic (exact) mass is 255 g/mol. The van der Waals surface area contributed by atoms with Crippen molar-refractivity contribution in [1.29, 1.82) is 0 Å². The molecule has 18 heavy (non-hydrogen) atoms. The van der Waals surface area contributed by atoms with Crippen LogP contribution >= 0.6 is 0 Å². The number of rotatable bonds is 2. The molecule has 0 atom stereocenters. The number of alkyl halides is 3. The second-order valence-corrected chi connectivity index (χ2v) is 3.64. The van der Waals surface area contributed by atoms with E-state index in [9.17, 15) is 18.0 Å². The van der Waals surface area contributed by atoms with E-state index in [4.69, 9.17) is 0 Å². The molecular weight excluding hydrogens is 247 g/mol. The number of hydrogen-bond donors (Lipinski definition) is 0. The van der Waals surface area contributed by atoms with Crippen LogP contribution in [0.5, 0.6) is 0 Å². The minimum Gasteiger partial charge on any atom is -0.296 e. The van der Waals surface area contributed by atoms with Crippen LogP contribution < -0.4 is 0 Å². The number of halogens is 3. The Morgan fingerprint density at radius 1 is 1.28 bits per heavy atom. The predicted octanol–water partition coefficient (Wildman–Crippen LogP) is 2.41. The number of carbonyl (C=O) groups is 1. The van der Waals surface area contributed by atoms with Crippen LogP contribution in [0.25, 0.3) is 5.69 Å². The molecule has 0 N–H and O–H groups in total. The van der Waals surface area contributed by atoms with Gasteiger partial charge in [0.15, 0.2) is 17.7 Å². The number of nitrogens with zero attached hydrogens (tertiary/aromatic N) is 3. The molecule has 0 aliphatic carbocycles. The van der Waals surface area contributed by atoms with Gasteiger partial charge in [0.2, 0.25) is 0 Å². The first-order valence-corrected chi connectivity index (χ1v) is 4.99. The molecule has 0 bridgehead atoms. The molecule has 0 saturated heterocycles. The van der Waals surface area contributed by atoms with Crippen LogP contribution in [-0.4, -0.2) is 21.3 Å². The van der Waals surface area contributed by atoms with E-state index in [1.807, 2.05) is 0 Å². The van der Waals surface area contributed by atoms with Crippen molar-refractivity contribution in [2.75, 3.05) is 0 Å². The van der Waals surface area contributed by atoms with E-state index >= 15 is 0 Å². The minimum atomic E-state index is -4.69. The number of hydrogen-bond acceptors (Lipinski definition) is 3. The Hall–Kier alpha value is -2.18. The van der Waals surface area contributed by atoms with Crippen molar-refractivity contribution in [3.63, 3.8) is 0 Å². The Balaban J connectivity index is 2.70. The van der Waals surface area contributed by atoms with Gasteiger partial charge < -0.3 is 0 Å². The summed E-state index contributed by atoms with van der Waals surface area (Å²) in [5.74, 6) is 0. The molecule has 1 aromatic carbocycles. The van der Waals surface area contributed by atoms with Crippen LogP contribution in [0.15, 0.2) is 24.3 Å². The lowest BCUT2D eigenvalue weighted by atomic mass is 10.2. The van der Waals surface area contributed by atoms with Crippen molar-refractivity contribution in [3.8, 4) is 5.69 Å². The average molecular weight is 255 g/mol. The van der Waals surface area contributed by atoms with Crippen LogP contribution in [0, 0.1) is 6.92 Å². The van der Waals surface area contributed by atoms with Crippen molar-refractivity contribution in [3.05, 3.63) is 41.2 Å². The summed E-state index contributed by atoms with van der Waals surface area (Å²) in [6, 6.07) is 6.42. The Kier molecular flexibility index (Phi) is 2.90. The highest BCUT2D eigenvalue weighted by molar-refractivity contribution is 5.74. The first kappa shape index (κ1) is 12.3. The lowest BCUT2D eigenvalue weighted by Gasteiger charge is -2.11. The molecule has 0 amide bonds. The second-order valence-electron chi connectivity index (χ2n) is 3.64. The summed E-state index contributed by atoms with van der Waals surface area (Å²) in [7, 11) is 0. The first-order valence-electron chi connectivity index (χ1n) is 4.99. The fourth-order valence-electron chi connectivity index (χ4n) is 1.61. The van der Waals surface area contributed by atoms with Gasteiger partial charge in [-0.1, -0.05) is 23.4 Å². The highest BCUT2D eigenvalue weighted by atomic mass is 19.4. The Morgan fingerprint density at radius 3 is 2.50 bits per heavy atom. The van der Waals surface area contributed by atoms with E-state index in [1.165, 1.54) is 6.07 Å². The third-order valence-corrected chi connectivity index (χ3v) is 2.42. The number of benzene rings is 1. The van der Waals surface area contributed by atoms with Gasteiger partial charge in [0.1, 0.15) is 0 Å². The topological polar surface area (TPSA) is 47.8 Å². The highest BCUT2D eigenvalue weighted by Gasteiger charge is 2.39. The molecule has 94 valence electrons. The maximum atomic E-state index is 12.9. The van der Waals surface area contributed by atoms with Gasteiger partial charge in [-0.05, 0) is 18.6 Å². The summed E-state index contributed by atoms with van der Waals surface area (Å²) >= 11 is 0. The number of aromatic nitrogens is 3. The molecule has 0 spiro atoms. The maximum Gasteiger partial charge on any atom is 0.435 e. The summed E-state index contributed by atoms with van der Waals surface area (Å²) < 4.78 is 39.3. The van der Waals surface area contributed by atoms with Crippen molar-refractivity contribution in [2.24, 2.45) is 0 Å². The summed E-state index contributed by atoms with van der Waals surface area (Å²) in [6.07, 6.45) is -4.65. The first-order chi connectivity index (χ1) is 8.45. The lowest BCUT2D eigenvalue weighted by molar-refractivity contribution is -0.143. The zero-order chi connectivity index (χ0) is 13.3. The zero-order valence-electron chi connectivity index (χ0n) is 9.27. The molecule has 0 saturated carbocycles. The summed E-state index contributed by atoms with van der Waals surface area (Å²) in [5.41, 5.74) is -1.03. The van der Waals surface area contributed by atoms with Crippen LogP contribution in [-0.2, 0) is 6.18 Å². The molecule has 4 nitrogen and oxygen atoms in total. The lowest BCUT2D eigenvalue weighted by Crippen LogP contribution is -2.16. The molecule has 0 aliphatic rings. The van der Waals surface area contributed by atoms with Gasteiger partial charge in [0.25, 0.3) is 0 Å². The van der Waals surface area contributed by atoms with Crippen molar-refractivity contribution >= 4 is 6.29 Å². The van der Waals surface area contributed by atoms with E-state index in [-0.39, 0.29) is 12.0 Å². The van der Waals surface area contributed by atoms with E-state index in [2.05, 4.69) is 10.3 Å². The van der Waals surface area contributed by atoms with E-state index in [0.29, 0.717) is 10.2 Å². The SMILES string of the molecule is Cc1ccccc1-n1nnc(C=O)c1C(F)(F)F. The third kappa shape index (κ3) is 1.99. The Bertz CT molecular complexity index is 589. The molecule has 7 heteroatoms. The largest absolute Gasteiger partial charge is 0.435 e. The summed E-state index contributed by atoms with van der Waals surface area (Å²) in [6.45, 7) is 1.65. The standard InChI is InChI=1S/C11H8F3N3O/c1-7-4-2-3-5-9(7)17-10(11(12,13)14)8(6-18)15-16-17/h2-6H,1H3. The minimum absolute atomic E-state index is 0.0462. The predicted molar refractivity (Wildman–Crippen MR) is 56.5 cm³/mol. The number of para-hydroxylation sites is 1. The molecule has 0 fully saturated rings. The Morgan fingerprint density at radius 2 is 1.94 bits per heavy atom. The van der Waals surface area contributed by atoms with Crippen LogP contribution in [0.3, 0.4) is 0 Å². The fraction of sp³-hybridized carbons (Fsp3) is 0.182. The van der Waals surface area contributed by atoms with Crippen molar-refractivity contribution in [2.45, 2.75) is 13.1 Å². The molecule has 2 aromatic rings. The van der Waals surface area contributed by atoms with Gasteiger partial charge >= 0.3 is 6.18 Å². The van der Waals surface area contributed by atoms with Crippen LogP contribution in [0.1, 0.15) is 21.7 Å². The molecule has 1 aromatic heterocycles. The molecule has 0 radical (unpaired) electrons. The summed E-state index contributed by atoms with van der Waals surface area (Å²) in [5, 5.41) is 6.64. The summed E-state index contributed by atoms with van der Waals surface area (Å²) in [4.78, 5) is 10.6. The molecular formula is C11H8F3N3O. The van der Waals surface area contributed by atoms with Gasteiger partial charge in [-0.2, -0.15) is 13.2 Å². The quantitative estimate of drug-likeness (QED) is 0.774. The molecule has 2 rings (SSSR count). The smallest absolute Gasteiger partial charge is 0.296 e. The molecule has 1 heterocycles. The van der Waals surface area contributed by atoms with Gasteiger partial charge in [-0.25, -0.2) is 4.68 Å². The van der Waals surface area contributed by atoms with Crippen molar-refractivity contribution in [1.82, 2.24) is 15.0 Å². The molecule has 0 aliphatic heterocycles. The van der Waals surface area contributed by atoms with Gasteiger partial charge in [0.05, 0.1) is 5.69 Å². The maximum absolute atomic E-state index is 12.9. The molecule has 0 unspecified atom stereocenters. The van der Waals surface area contributed by atoms with Gasteiger partial charge in [-0.3, -0.25) is 4.79 Å². The fourth-order valence-corrected chi connectivity index (χ4v) is 1.61. The third-order valence-electron chi connectivity index (χ3n) is 2.42. The normalized spacial score (nSPS) is 11.6. The van der Waals surface area contributed by atoms with E-state index in [0.717, 1.165) is 0 Å². The average Bonchev–Trinajstić information content (AvgIpc) is 2.73. The van der Waals surface area contributed by atoms with Crippen LogP contribution in [0.2, 0.25) is 0 Å². The number of aldehydes is 1. The number of carbonyl (C=O) groups excluding carboxylic acids is 1. The van der Waals surface area contributed by atoms with Crippen LogP contribution in [0.4, 0.5) is 13.2 Å². The van der Waals surface area contributed by atoms with Crippen molar-refractivity contribution < 1.29 is 18.0 Å². The second kappa shape index (κ2) is 4.25. The zero-order valence-corrected chi connectivity index (χ0v) is 9.27. The number of aryl methyl sites for hydroxylation is 1.